The van der Waals surface area contributed by atoms with Gasteiger partial charge in [0.2, 0.25) is 0 Å². The summed E-state index contributed by atoms with van der Waals surface area (Å²) in [5.74, 6) is 0.133. The number of aromatic nitrogens is 8. The van der Waals surface area contributed by atoms with Crippen molar-refractivity contribution in [2.24, 2.45) is 0 Å². The Balaban J connectivity index is 1.14. The van der Waals surface area contributed by atoms with Crippen molar-refractivity contribution in [3.63, 3.8) is 0 Å². The van der Waals surface area contributed by atoms with Crippen molar-refractivity contribution < 1.29 is 45.8 Å². The van der Waals surface area contributed by atoms with Gasteiger partial charge in [-0.2, -0.15) is 0 Å². The minimum atomic E-state index is -4.21. The van der Waals surface area contributed by atoms with Crippen LogP contribution in [0.4, 0.5) is 20.4 Å². The van der Waals surface area contributed by atoms with E-state index in [1.165, 1.54) is 34.4 Å². The summed E-state index contributed by atoms with van der Waals surface area (Å²) in [7, 11) is -3.00. The first-order chi connectivity index (χ1) is 20.6. The van der Waals surface area contributed by atoms with Crippen LogP contribution in [0.3, 0.4) is 0 Å². The number of hydrogen-bond acceptors (Lipinski definition) is 16. The van der Waals surface area contributed by atoms with Gasteiger partial charge < -0.3 is 30.4 Å². The Morgan fingerprint density at radius 1 is 0.884 bits per heavy atom. The molecule has 0 aromatic carbocycles. The molecule has 0 spiro atoms. The minimum Gasteiger partial charge on any atom is -0.382 e. The lowest BCUT2D eigenvalue weighted by Crippen LogP contribution is -2.36. The van der Waals surface area contributed by atoms with Gasteiger partial charge in [0.25, 0.3) is 0 Å². The Bertz CT molecular complexity index is 1770. The number of alkyl halides is 2. The van der Waals surface area contributed by atoms with E-state index >= 15 is 8.78 Å². The molecule has 0 bridgehead atoms. The molecule has 7 rings (SSSR count). The third-order valence-corrected chi connectivity index (χ3v) is 9.40. The van der Waals surface area contributed by atoms with Crippen molar-refractivity contribution in [3.05, 3.63) is 25.3 Å². The first-order valence-corrected chi connectivity index (χ1v) is 16.2. The number of rotatable bonds is 2. The van der Waals surface area contributed by atoms with Crippen LogP contribution in [0.25, 0.3) is 22.3 Å². The molecule has 10 atom stereocenters. The Labute approximate surface area is 244 Å². The monoisotopic (exact) mass is 661 g/mol. The number of fused-ring (bicyclic) bond motifs is 4. The third-order valence-electron chi connectivity index (χ3n) is 7.07. The average Bonchev–Trinajstić information content (AvgIpc) is 3.73. The van der Waals surface area contributed by atoms with Crippen LogP contribution in [0.5, 0.6) is 0 Å². The van der Waals surface area contributed by atoms with Crippen LogP contribution in [-0.2, 0) is 43.9 Å². The van der Waals surface area contributed by atoms with Crippen LogP contribution in [0.15, 0.2) is 25.3 Å². The molecule has 228 valence electrons. The van der Waals surface area contributed by atoms with E-state index in [4.69, 9.17) is 50.8 Å². The number of nitrogens with zero attached hydrogens (tertiary/aromatic N) is 8. The van der Waals surface area contributed by atoms with Crippen molar-refractivity contribution in [1.29, 1.82) is 0 Å². The Hall–Kier alpha value is -2.97. The van der Waals surface area contributed by atoms with E-state index < -0.39 is 77.4 Å². The lowest BCUT2D eigenvalue weighted by molar-refractivity contribution is -0.0558. The number of hydrogen-bond donors (Lipinski definition) is 3. The Morgan fingerprint density at radius 3 is 2.00 bits per heavy atom. The molecule has 3 saturated heterocycles. The third kappa shape index (κ3) is 5.04. The largest absolute Gasteiger partial charge is 0.697 e. The van der Waals surface area contributed by atoms with E-state index in [1.807, 2.05) is 0 Å². The molecular weight excluding hydrogens is 640 g/mol. The smallest absolute Gasteiger partial charge is 0.382 e. The van der Waals surface area contributed by atoms with E-state index in [2.05, 4.69) is 29.9 Å². The maximum atomic E-state index is 15.9. The summed E-state index contributed by atoms with van der Waals surface area (Å²) in [5, 5.41) is 0. The molecule has 3 fully saturated rings. The number of anilines is 2. The molecule has 4 aromatic rings. The fourth-order valence-corrected chi connectivity index (χ4v) is 7.30. The van der Waals surface area contributed by atoms with Gasteiger partial charge in [0.1, 0.15) is 48.6 Å². The van der Waals surface area contributed by atoms with Crippen LogP contribution in [0.2, 0.25) is 0 Å². The lowest BCUT2D eigenvalue weighted by Gasteiger charge is -2.25. The van der Waals surface area contributed by atoms with E-state index in [1.54, 1.807) is 0 Å². The number of nitrogen functional groups attached to an aromatic ring is 2. The highest BCUT2D eigenvalue weighted by Crippen LogP contribution is 2.52. The fourth-order valence-electron chi connectivity index (χ4n) is 5.08. The zero-order valence-electron chi connectivity index (χ0n) is 21.4. The summed E-state index contributed by atoms with van der Waals surface area (Å²) < 4.78 is 80.4. The molecule has 2 unspecified atom stereocenters. The van der Waals surface area contributed by atoms with Gasteiger partial charge in [-0.1, -0.05) is 0 Å². The molecule has 18 nitrogen and oxygen atoms in total. The van der Waals surface area contributed by atoms with Crippen molar-refractivity contribution in [1.82, 2.24) is 39.0 Å². The first kappa shape index (κ1) is 28.8. The number of halogens is 2. The molecule has 0 amide bonds. The highest BCUT2D eigenvalue weighted by Gasteiger charge is 2.55. The summed E-state index contributed by atoms with van der Waals surface area (Å²) in [6.07, 6.45) is -7.48. The van der Waals surface area contributed by atoms with E-state index in [-0.39, 0.29) is 34.0 Å². The SMILES string of the molecule is Nc1ncnc2c1ncn2[C@@H]1O[C@@H]2COP(O)(=S)O[C@H]3[C@@H](F)[C@H](n4cnc5c(N)ncnc54)O[C@@H]3CO[P+](=O)O[C@H]2[C@H]1F. The lowest BCUT2D eigenvalue weighted by atomic mass is 10.1. The quantitative estimate of drug-likeness (QED) is 0.254. The highest BCUT2D eigenvalue weighted by molar-refractivity contribution is 8.07. The van der Waals surface area contributed by atoms with Gasteiger partial charge in [0.15, 0.2) is 53.8 Å². The maximum absolute atomic E-state index is 15.9. The highest BCUT2D eigenvalue weighted by atomic mass is 32.5. The zero-order chi connectivity index (χ0) is 30.0. The maximum Gasteiger partial charge on any atom is 0.697 e. The number of imidazole rings is 2. The molecule has 4 aromatic heterocycles. The van der Waals surface area contributed by atoms with Gasteiger partial charge in [-0.15, -0.1) is 9.05 Å². The molecule has 0 saturated carbocycles. The van der Waals surface area contributed by atoms with E-state index in [0.717, 1.165) is 0 Å². The molecule has 5 N–H and O–H groups in total. The molecule has 3 aliphatic rings. The second kappa shape index (κ2) is 10.9. The molecule has 3 aliphatic heterocycles. The van der Waals surface area contributed by atoms with Crippen LogP contribution < -0.4 is 11.5 Å². The molecular formula is C20H21F2N10O8P2S+. The van der Waals surface area contributed by atoms with Crippen LogP contribution in [0.1, 0.15) is 12.5 Å². The van der Waals surface area contributed by atoms with Crippen LogP contribution >= 0.6 is 15.0 Å². The van der Waals surface area contributed by atoms with Gasteiger partial charge in [-0.3, -0.25) is 13.7 Å². The summed E-state index contributed by atoms with van der Waals surface area (Å²) in [6, 6.07) is 0. The van der Waals surface area contributed by atoms with E-state index in [0.29, 0.717) is 0 Å². The Kier molecular flexibility index (Phi) is 7.28. The standard InChI is InChI=1S/C20H20F2N10O8P2S/c21-9-13-8(38-19(9)31-5-29-11-15(23)25-3-27-17(11)31)2-36-42(34,43)40-14-7(1-35-41(33)39-13)37-20(10(14)22)32-6-30-12-16(24)26-4-28-18(12)32/h3-10,13-14,19-20H,1-2H2,(H4-,23,24,25,26,27,28,34,43)/p+1/t7-,8-,9-,10-,13-,14-,19-,20-,42?/m1/s1. The summed E-state index contributed by atoms with van der Waals surface area (Å²) in [4.78, 5) is 34.9. The zero-order valence-corrected chi connectivity index (χ0v) is 24.0. The molecule has 23 heteroatoms. The van der Waals surface area contributed by atoms with Crippen molar-refractivity contribution in [3.8, 4) is 0 Å². The minimum absolute atomic E-state index is 0.0661. The van der Waals surface area contributed by atoms with Gasteiger partial charge in [-0.05, 0) is 11.8 Å². The summed E-state index contributed by atoms with van der Waals surface area (Å²) >= 11 is 5.14. The predicted octanol–water partition coefficient (Wildman–Crippen LogP) is 0.993. The predicted molar refractivity (Wildman–Crippen MR) is 143 cm³/mol. The van der Waals surface area contributed by atoms with Gasteiger partial charge in [0, 0.05) is 4.57 Å². The van der Waals surface area contributed by atoms with Crippen molar-refractivity contribution >= 4 is 60.7 Å². The summed E-state index contributed by atoms with van der Waals surface area (Å²) in [5.41, 5.74) is 12.4. The topological polar surface area (TPSA) is 232 Å². The van der Waals surface area contributed by atoms with Crippen molar-refractivity contribution in [2.45, 2.75) is 49.2 Å². The normalized spacial score (nSPS) is 36.3. The molecule has 0 radical (unpaired) electrons. The van der Waals surface area contributed by atoms with Crippen LogP contribution in [0, 0.1) is 0 Å². The average molecular weight is 661 g/mol. The van der Waals surface area contributed by atoms with Crippen molar-refractivity contribution in [2.75, 3.05) is 24.7 Å². The molecule has 7 heterocycles. The molecule has 0 aliphatic carbocycles. The Morgan fingerprint density at radius 2 is 1.42 bits per heavy atom. The van der Waals surface area contributed by atoms with Gasteiger partial charge in [-0.25, -0.2) is 38.7 Å². The second-order valence-corrected chi connectivity index (χ2v) is 13.3. The van der Waals surface area contributed by atoms with Gasteiger partial charge in [0.05, 0.1) is 19.3 Å². The summed E-state index contributed by atoms with van der Waals surface area (Å²) in [6.45, 7) is -5.35. The van der Waals surface area contributed by atoms with Crippen LogP contribution in [-0.4, -0.2) is 93.9 Å². The van der Waals surface area contributed by atoms with E-state index in [9.17, 15) is 9.46 Å². The molecule has 43 heavy (non-hydrogen) atoms. The first-order valence-electron chi connectivity index (χ1n) is 12.5. The van der Waals surface area contributed by atoms with Gasteiger partial charge >= 0.3 is 15.0 Å². The number of ether oxygens (including phenoxy) is 2. The fraction of sp³-hybridized carbons (Fsp3) is 0.500. The second-order valence-electron chi connectivity index (χ2n) is 9.61. The number of nitrogens with two attached hydrogens (primary N) is 2.